The maximum absolute atomic E-state index is 12.6. The van der Waals surface area contributed by atoms with Gasteiger partial charge in [0.1, 0.15) is 4.88 Å². The molecule has 1 saturated heterocycles. The summed E-state index contributed by atoms with van der Waals surface area (Å²) in [7, 11) is 0. The fraction of sp³-hybridized carbons (Fsp3) is 0.429. The topological polar surface area (TPSA) is 75.4 Å². The molecule has 29 heavy (non-hydrogen) atoms. The lowest BCUT2D eigenvalue weighted by atomic mass is 10.1. The molecule has 1 fully saturated rings. The lowest BCUT2D eigenvalue weighted by molar-refractivity contribution is 0.0639. The number of piperazine rings is 1. The van der Waals surface area contributed by atoms with Crippen LogP contribution in [0.2, 0.25) is 0 Å². The minimum absolute atomic E-state index is 0.110. The normalized spacial score (nSPS) is 15.0. The molecular weight excluding hydrogens is 386 g/mol. The van der Waals surface area contributed by atoms with Crippen LogP contribution in [0.15, 0.2) is 34.3 Å². The van der Waals surface area contributed by atoms with Gasteiger partial charge in [-0.2, -0.15) is 4.98 Å². The van der Waals surface area contributed by atoms with E-state index in [9.17, 15) is 4.79 Å². The third-order valence-corrected chi connectivity index (χ3v) is 6.16. The summed E-state index contributed by atoms with van der Waals surface area (Å²) in [6, 6.07) is 8.12. The monoisotopic (exact) mass is 411 g/mol. The molecular formula is C21H25N5O2S. The molecule has 0 saturated carbocycles. The highest BCUT2D eigenvalue weighted by Gasteiger charge is 2.24. The van der Waals surface area contributed by atoms with Gasteiger partial charge in [-0.05, 0) is 26.8 Å². The minimum atomic E-state index is 0.110. The Morgan fingerprint density at radius 3 is 2.59 bits per heavy atom. The van der Waals surface area contributed by atoms with Gasteiger partial charge in [0.2, 0.25) is 11.7 Å². The largest absolute Gasteiger partial charge is 0.339 e. The van der Waals surface area contributed by atoms with Gasteiger partial charge in [-0.1, -0.05) is 35.0 Å². The highest BCUT2D eigenvalue weighted by molar-refractivity contribution is 7.11. The molecule has 8 heteroatoms. The molecule has 4 rings (SSSR count). The quantitative estimate of drug-likeness (QED) is 0.620. The molecule has 0 bridgehead atoms. The maximum Gasteiger partial charge on any atom is 0.265 e. The zero-order chi connectivity index (χ0) is 20.2. The molecule has 0 spiro atoms. The number of amides is 1. The van der Waals surface area contributed by atoms with Gasteiger partial charge in [0.15, 0.2) is 0 Å². The van der Waals surface area contributed by atoms with Crippen LogP contribution in [0.5, 0.6) is 0 Å². The molecule has 0 aliphatic carbocycles. The van der Waals surface area contributed by atoms with Crippen LogP contribution in [0, 0.1) is 13.8 Å². The van der Waals surface area contributed by atoms with E-state index >= 15 is 0 Å². The second-order valence-electron chi connectivity index (χ2n) is 7.38. The fourth-order valence-corrected chi connectivity index (χ4v) is 4.22. The Labute approximate surface area is 174 Å². The van der Waals surface area contributed by atoms with Crippen molar-refractivity contribution in [3.63, 3.8) is 0 Å². The molecule has 0 N–H and O–H groups in total. The number of hydrogen-bond donors (Lipinski definition) is 0. The number of rotatable bonds is 6. The predicted molar refractivity (Wildman–Crippen MR) is 112 cm³/mol. The number of thiazole rings is 1. The lowest BCUT2D eigenvalue weighted by Crippen LogP contribution is -2.48. The van der Waals surface area contributed by atoms with Crippen LogP contribution in [0.3, 0.4) is 0 Å². The van der Waals surface area contributed by atoms with E-state index in [1.54, 1.807) is 5.51 Å². The van der Waals surface area contributed by atoms with Gasteiger partial charge in [0.25, 0.3) is 5.91 Å². The molecule has 3 aromatic rings. The Hall–Kier alpha value is -2.58. The maximum atomic E-state index is 12.6. The summed E-state index contributed by atoms with van der Waals surface area (Å²) in [4.78, 5) is 26.4. The van der Waals surface area contributed by atoms with Gasteiger partial charge in [-0.15, -0.1) is 11.3 Å². The van der Waals surface area contributed by atoms with Crippen LogP contribution in [0.1, 0.15) is 33.2 Å². The van der Waals surface area contributed by atoms with Gasteiger partial charge in [-0.25, -0.2) is 4.98 Å². The van der Waals surface area contributed by atoms with E-state index < -0.39 is 0 Å². The molecule has 1 aliphatic heterocycles. The molecule has 3 heterocycles. The van der Waals surface area contributed by atoms with Gasteiger partial charge >= 0.3 is 0 Å². The standard InChI is InChI=1S/C21H25N5O2S/c1-15-5-7-17(8-6-15)20-23-18(28-24-20)4-3-9-25-10-12-26(13-11-25)21(27)19-16(2)22-14-29-19/h5-8,14H,3-4,9-13H2,1-2H3. The number of nitrogens with zero attached hydrogens (tertiary/aromatic N) is 5. The minimum Gasteiger partial charge on any atom is -0.339 e. The first-order valence-corrected chi connectivity index (χ1v) is 10.8. The summed E-state index contributed by atoms with van der Waals surface area (Å²) >= 11 is 1.43. The second kappa shape index (κ2) is 8.84. The first kappa shape index (κ1) is 19.7. The van der Waals surface area contributed by atoms with Crippen molar-refractivity contribution in [2.24, 2.45) is 0 Å². The molecule has 0 radical (unpaired) electrons. The molecule has 2 aromatic heterocycles. The van der Waals surface area contributed by atoms with Gasteiger partial charge in [0.05, 0.1) is 11.2 Å². The van der Waals surface area contributed by atoms with E-state index in [4.69, 9.17) is 4.52 Å². The average molecular weight is 412 g/mol. The highest BCUT2D eigenvalue weighted by Crippen LogP contribution is 2.18. The van der Waals surface area contributed by atoms with E-state index in [2.05, 4.69) is 26.9 Å². The van der Waals surface area contributed by atoms with E-state index in [1.807, 2.05) is 36.1 Å². The van der Waals surface area contributed by atoms with Crippen molar-refractivity contribution >= 4 is 17.2 Å². The summed E-state index contributed by atoms with van der Waals surface area (Å²) in [5, 5.41) is 4.09. The zero-order valence-corrected chi connectivity index (χ0v) is 17.6. The lowest BCUT2D eigenvalue weighted by Gasteiger charge is -2.34. The summed E-state index contributed by atoms with van der Waals surface area (Å²) in [5.41, 5.74) is 4.75. The number of aromatic nitrogens is 3. The number of carbonyl (C=O) groups excluding carboxylic acids is 1. The second-order valence-corrected chi connectivity index (χ2v) is 8.24. The number of aryl methyl sites for hydroxylation is 3. The molecule has 0 atom stereocenters. The van der Waals surface area contributed by atoms with Crippen molar-refractivity contribution in [2.45, 2.75) is 26.7 Å². The van der Waals surface area contributed by atoms with Gasteiger partial charge < -0.3 is 9.42 Å². The summed E-state index contributed by atoms with van der Waals surface area (Å²) in [5.74, 6) is 1.43. The number of benzene rings is 1. The Bertz CT molecular complexity index is 958. The smallest absolute Gasteiger partial charge is 0.265 e. The SMILES string of the molecule is Cc1ccc(-c2noc(CCCN3CCN(C(=O)c4scnc4C)CC3)n2)cc1. The van der Waals surface area contributed by atoms with Crippen LogP contribution < -0.4 is 0 Å². The van der Waals surface area contributed by atoms with Crippen molar-refractivity contribution in [1.82, 2.24) is 24.9 Å². The Kier molecular flexibility index (Phi) is 6.01. The molecule has 7 nitrogen and oxygen atoms in total. The van der Waals surface area contributed by atoms with E-state index in [1.165, 1.54) is 16.9 Å². The fourth-order valence-electron chi connectivity index (χ4n) is 3.46. The first-order valence-electron chi connectivity index (χ1n) is 9.91. The van der Waals surface area contributed by atoms with Crippen molar-refractivity contribution < 1.29 is 9.32 Å². The van der Waals surface area contributed by atoms with E-state index in [0.717, 1.165) is 61.7 Å². The van der Waals surface area contributed by atoms with Gasteiger partial charge in [0, 0.05) is 38.2 Å². The van der Waals surface area contributed by atoms with Crippen molar-refractivity contribution in [2.75, 3.05) is 32.7 Å². The first-order chi connectivity index (χ1) is 14.1. The van der Waals surface area contributed by atoms with Crippen LogP contribution >= 0.6 is 11.3 Å². The Morgan fingerprint density at radius 1 is 1.14 bits per heavy atom. The highest BCUT2D eigenvalue weighted by atomic mass is 32.1. The molecule has 1 aliphatic rings. The zero-order valence-electron chi connectivity index (χ0n) is 16.8. The summed E-state index contributed by atoms with van der Waals surface area (Å²) in [6.45, 7) is 8.21. The van der Waals surface area contributed by atoms with Gasteiger partial charge in [-0.3, -0.25) is 9.69 Å². The summed E-state index contributed by atoms with van der Waals surface area (Å²) < 4.78 is 5.40. The molecule has 1 aromatic carbocycles. The van der Waals surface area contributed by atoms with E-state index in [0.29, 0.717) is 11.7 Å². The molecule has 0 unspecified atom stereocenters. The van der Waals surface area contributed by atoms with Crippen LogP contribution in [-0.2, 0) is 6.42 Å². The predicted octanol–water partition coefficient (Wildman–Crippen LogP) is 3.20. The van der Waals surface area contributed by atoms with Crippen molar-refractivity contribution in [1.29, 1.82) is 0 Å². The van der Waals surface area contributed by atoms with Crippen LogP contribution in [0.25, 0.3) is 11.4 Å². The van der Waals surface area contributed by atoms with E-state index in [-0.39, 0.29) is 5.91 Å². The molecule has 152 valence electrons. The molecule has 1 amide bonds. The third kappa shape index (κ3) is 4.71. The van der Waals surface area contributed by atoms with Crippen molar-refractivity contribution in [3.05, 3.63) is 51.8 Å². The average Bonchev–Trinajstić information content (AvgIpc) is 3.38. The summed E-state index contributed by atoms with van der Waals surface area (Å²) in [6.07, 6.45) is 1.72. The number of hydrogen-bond acceptors (Lipinski definition) is 7. The Balaban J connectivity index is 1.22. The number of carbonyl (C=O) groups is 1. The van der Waals surface area contributed by atoms with Crippen LogP contribution in [-0.4, -0.2) is 63.6 Å². The van der Waals surface area contributed by atoms with Crippen molar-refractivity contribution in [3.8, 4) is 11.4 Å². The Morgan fingerprint density at radius 2 is 1.90 bits per heavy atom. The van der Waals surface area contributed by atoms with Crippen LogP contribution in [0.4, 0.5) is 0 Å². The third-order valence-electron chi connectivity index (χ3n) is 5.24.